The number of rotatable bonds is 4. The molecule has 0 aliphatic rings. The zero-order valence-corrected chi connectivity index (χ0v) is 14.5. The summed E-state index contributed by atoms with van der Waals surface area (Å²) in [7, 11) is 1.57. The Labute approximate surface area is 152 Å². The molecule has 4 aromatic rings. The van der Waals surface area contributed by atoms with Crippen molar-refractivity contribution in [2.45, 2.75) is 0 Å². The first-order valence-electron chi connectivity index (χ1n) is 7.74. The number of thiazole rings is 1. The van der Waals surface area contributed by atoms with E-state index < -0.39 is 5.91 Å². The highest BCUT2D eigenvalue weighted by molar-refractivity contribution is 7.22. The van der Waals surface area contributed by atoms with Gasteiger partial charge in [-0.2, -0.15) is 5.10 Å². The average molecular weight is 366 g/mol. The monoisotopic (exact) mass is 366 g/mol. The Kier molecular flexibility index (Phi) is 4.02. The zero-order chi connectivity index (χ0) is 18.1. The van der Waals surface area contributed by atoms with Crippen LogP contribution in [0, 0.1) is 0 Å². The quantitative estimate of drug-likeness (QED) is 0.577. The molecule has 0 radical (unpaired) electrons. The van der Waals surface area contributed by atoms with Gasteiger partial charge in [0.25, 0.3) is 5.91 Å². The van der Waals surface area contributed by atoms with Gasteiger partial charge in [0.2, 0.25) is 0 Å². The smallest absolute Gasteiger partial charge is 0.281 e. The predicted octanol–water partition coefficient (Wildman–Crippen LogP) is 3.45. The topological polar surface area (TPSA) is 89.3 Å². The number of nitrogens with one attached hydrogen (secondary N) is 1. The number of amides is 1. The van der Waals surface area contributed by atoms with Crippen molar-refractivity contribution in [1.82, 2.24) is 14.8 Å². The van der Waals surface area contributed by atoms with E-state index in [1.807, 2.05) is 42.5 Å². The molecular formula is C18H14N4O3S. The summed E-state index contributed by atoms with van der Waals surface area (Å²) in [5.74, 6) is -0.101. The number of methoxy groups -OCH3 is 1. The van der Waals surface area contributed by atoms with Crippen LogP contribution in [0.4, 0.5) is 5.13 Å². The van der Waals surface area contributed by atoms with Gasteiger partial charge in [-0.05, 0) is 24.3 Å². The van der Waals surface area contributed by atoms with Gasteiger partial charge in [0.15, 0.2) is 16.6 Å². The second kappa shape index (κ2) is 6.49. The molecule has 0 spiro atoms. The molecule has 0 fully saturated rings. The first kappa shape index (κ1) is 16.1. The summed E-state index contributed by atoms with van der Waals surface area (Å²) >= 11 is 1.32. The second-order valence-corrected chi connectivity index (χ2v) is 6.45. The van der Waals surface area contributed by atoms with Crippen molar-refractivity contribution in [3.05, 3.63) is 60.4 Å². The lowest BCUT2D eigenvalue weighted by atomic mass is 10.3. The van der Waals surface area contributed by atoms with Gasteiger partial charge in [-0.15, -0.1) is 0 Å². The van der Waals surface area contributed by atoms with Crippen LogP contribution in [0.5, 0.6) is 11.5 Å². The summed E-state index contributed by atoms with van der Waals surface area (Å²) < 4.78 is 7.62. The summed E-state index contributed by atoms with van der Waals surface area (Å²) in [4.78, 5) is 16.9. The van der Waals surface area contributed by atoms with Gasteiger partial charge in [-0.1, -0.05) is 35.6 Å². The minimum Gasteiger partial charge on any atom is -0.504 e. The molecule has 4 rings (SSSR count). The maximum Gasteiger partial charge on any atom is 0.281 e. The lowest BCUT2D eigenvalue weighted by Gasteiger charge is -2.00. The van der Waals surface area contributed by atoms with Crippen LogP contribution in [0.2, 0.25) is 0 Å². The van der Waals surface area contributed by atoms with Gasteiger partial charge < -0.3 is 9.84 Å². The lowest BCUT2D eigenvalue weighted by Crippen LogP contribution is -2.13. The molecule has 2 aromatic heterocycles. The van der Waals surface area contributed by atoms with Crippen molar-refractivity contribution < 1.29 is 14.6 Å². The summed E-state index contributed by atoms with van der Waals surface area (Å²) in [5.41, 5.74) is 1.35. The molecule has 1 amide bonds. The van der Waals surface area contributed by atoms with E-state index in [1.165, 1.54) is 22.2 Å². The Morgan fingerprint density at radius 1 is 1.19 bits per heavy atom. The number of carbonyl (C=O) groups is 1. The summed E-state index contributed by atoms with van der Waals surface area (Å²) in [6, 6.07) is 14.8. The van der Waals surface area contributed by atoms with E-state index in [0.29, 0.717) is 16.4 Å². The largest absolute Gasteiger partial charge is 0.504 e. The highest BCUT2D eigenvalue weighted by Crippen LogP contribution is 2.32. The molecule has 8 heteroatoms. The molecule has 0 atom stereocenters. The Bertz CT molecular complexity index is 1090. The highest BCUT2D eigenvalue weighted by atomic mass is 32.1. The number of anilines is 1. The molecular weight excluding hydrogens is 352 g/mol. The third kappa shape index (κ3) is 2.86. The van der Waals surface area contributed by atoms with Gasteiger partial charge in [-0.3, -0.25) is 10.1 Å². The van der Waals surface area contributed by atoms with Crippen LogP contribution in [0.1, 0.15) is 10.5 Å². The normalized spacial score (nSPS) is 10.8. The Hall–Kier alpha value is -3.39. The number of nitrogens with zero attached hydrogens (tertiary/aromatic N) is 3. The van der Waals surface area contributed by atoms with Crippen molar-refractivity contribution in [1.29, 1.82) is 0 Å². The van der Waals surface area contributed by atoms with E-state index in [1.54, 1.807) is 13.2 Å². The van der Waals surface area contributed by atoms with Crippen molar-refractivity contribution in [3.8, 4) is 17.2 Å². The van der Waals surface area contributed by atoms with E-state index in [0.717, 1.165) is 10.4 Å². The predicted molar refractivity (Wildman–Crippen MR) is 99.4 cm³/mol. The van der Waals surface area contributed by atoms with E-state index in [2.05, 4.69) is 15.4 Å². The Balaban J connectivity index is 1.62. The molecule has 0 bridgehead atoms. The number of benzene rings is 2. The number of ether oxygens (including phenoxy) is 1. The number of aromatic nitrogens is 3. The summed E-state index contributed by atoms with van der Waals surface area (Å²) in [5, 5.41) is 17.3. The Morgan fingerprint density at radius 3 is 2.77 bits per heavy atom. The van der Waals surface area contributed by atoms with Gasteiger partial charge in [-0.25, -0.2) is 9.67 Å². The molecule has 26 heavy (non-hydrogen) atoms. The highest BCUT2D eigenvalue weighted by Gasteiger charge is 2.19. The molecule has 0 aliphatic heterocycles. The van der Waals surface area contributed by atoms with Gasteiger partial charge in [0.05, 0.1) is 23.7 Å². The number of hydrogen-bond acceptors (Lipinski definition) is 6. The molecule has 2 heterocycles. The van der Waals surface area contributed by atoms with Gasteiger partial charge in [0.1, 0.15) is 11.3 Å². The third-order valence-corrected chi connectivity index (χ3v) is 4.69. The lowest BCUT2D eigenvalue weighted by molar-refractivity contribution is 0.101. The minimum atomic E-state index is -0.532. The number of hydrogen-bond donors (Lipinski definition) is 2. The summed E-state index contributed by atoms with van der Waals surface area (Å²) in [6.07, 6.45) is 1.39. The van der Waals surface area contributed by atoms with Gasteiger partial charge >= 0.3 is 0 Å². The van der Waals surface area contributed by atoms with Crippen molar-refractivity contribution in [2.24, 2.45) is 0 Å². The average Bonchev–Trinajstić information content (AvgIpc) is 3.25. The molecule has 130 valence electrons. The molecule has 0 unspecified atom stereocenters. The maximum atomic E-state index is 12.5. The molecule has 2 N–H and O–H groups in total. The van der Waals surface area contributed by atoms with E-state index in [4.69, 9.17) is 4.74 Å². The minimum absolute atomic E-state index is 0.0694. The van der Waals surface area contributed by atoms with E-state index >= 15 is 0 Å². The van der Waals surface area contributed by atoms with Crippen LogP contribution in [0.15, 0.2) is 54.7 Å². The molecule has 2 aromatic carbocycles. The fourth-order valence-electron chi connectivity index (χ4n) is 2.54. The van der Waals surface area contributed by atoms with Crippen molar-refractivity contribution >= 4 is 32.6 Å². The molecule has 0 saturated heterocycles. The number of para-hydroxylation sites is 2. The third-order valence-electron chi connectivity index (χ3n) is 3.75. The second-order valence-electron chi connectivity index (χ2n) is 5.42. The van der Waals surface area contributed by atoms with Crippen LogP contribution in [-0.4, -0.2) is 32.9 Å². The first-order chi connectivity index (χ1) is 12.7. The fraction of sp³-hybridized carbons (Fsp3) is 0.0556. The molecule has 0 aliphatic carbocycles. The van der Waals surface area contributed by atoms with Crippen molar-refractivity contribution in [2.75, 3.05) is 12.4 Å². The summed E-state index contributed by atoms with van der Waals surface area (Å²) in [6.45, 7) is 0. The molecule has 0 saturated carbocycles. The standard InChI is InChI=1S/C18H14N4O3S/c1-25-13-8-5-9-14-16(13)19-18(26-14)20-17(24)15-12(23)10-22(21-15)11-6-3-2-4-7-11/h2-10,23H,1H3,(H,19,20,24). The number of carbonyl (C=O) groups excluding carboxylic acids is 1. The van der Waals surface area contributed by atoms with Crippen LogP contribution < -0.4 is 10.1 Å². The van der Waals surface area contributed by atoms with Crippen molar-refractivity contribution in [3.63, 3.8) is 0 Å². The Morgan fingerprint density at radius 2 is 2.00 bits per heavy atom. The number of aromatic hydroxyl groups is 1. The van der Waals surface area contributed by atoms with Crippen LogP contribution in [0.25, 0.3) is 15.9 Å². The van der Waals surface area contributed by atoms with Gasteiger partial charge in [0, 0.05) is 0 Å². The molecule has 7 nitrogen and oxygen atoms in total. The number of fused-ring (bicyclic) bond motifs is 1. The fourth-order valence-corrected chi connectivity index (χ4v) is 3.42. The first-order valence-corrected chi connectivity index (χ1v) is 8.56. The van der Waals surface area contributed by atoms with E-state index in [-0.39, 0.29) is 11.4 Å². The van der Waals surface area contributed by atoms with Crippen LogP contribution in [-0.2, 0) is 0 Å². The SMILES string of the molecule is COc1cccc2sc(NC(=O)c3nn(-c4ccccc4)cc3O)nc12. The van der Waals surface area contributed by atoms with Crippen LogP contribution >= 0.6 is 11.3 Å². The van der Waals surface area contributed by atoms with E-state index in [9.17, 15) is 9.90 Å². The van der Waals surface area contributed by atoms with Crippen LogP contribution in [0.3, 0.4) is 0 Å². The zero-order valence-electron chi connectivity index (χ0n) is 13.7. The maximum absolute atomic E-state index is 12.5.